The number of amides is 1. The van der Waals surface area contributed by atoms with E-state index in [1.165, 1.54) is 40.9 Å². The van der Waals surface area contributed by atoms with E-state index < -0.39 is 17.6 Å². The van der Waals surface area contributed by atoms with Gasteiger partial charge in [0, 0.05) is 22.1 Å². The van der Waals surface area contributed by atoms with E-state index in [0.717, 1.165) is 11.1 Å². The second-order valence-corrected chi connectivity index (χ2v) is 9.32. The quantitative estimate of drug-likeness (QED) is 0.414. The summed E-state index contributed by atoms with van der Waals surface area (Å²) in [6.45, 7) is 0.214. The molecule has 1 atom stereocenters. The molecular weight excluding hydrogens is 501 g/mol. The predicted molar refractivity (Wildman–Crippen MR) is 134 cm³/mol. The number of thioether (sulfide) groups is 1. The number of nitrogens with two attached hydrogens (primary N) is 1. The Bertz CT molecular complexity index is 1190. The molecule has 1 heterocycles. The molecule has 0 saturated carbocycles. The van der Waals surface area contributed by atoms with E-state index in [0.29, 0.717) is 27.8 Å². The first-order valence-corrected chi connectivity index (χ1v) is 11.7. The van der Waals surface area contributed by atoms with Crippen molar-refractivity contribution < 1.29 is 18.4 Å². The number of carbonyl (C=O) groups excluding carboxylic acids is 2. The number of halogens is 4. The molecule has 1 aliphatic heterocycles. The number of benzene rings is 3. The summed E-state index contributed by atoms with van der Waals surface area (Å²) in [5, 5.41) is 0.574. The van der Waals surface area contributed by atoms with Gasteiger partial charge in [-0.2, -0.15) is 0 Å². The van der Waals surface area contributed by atoms with Crippen LogP contribution in [0.1, 0.15) is 27.9 Å². The van der Waals surface area contributed by atoms with Crippen LogP contribution in [0, 0.1) is 11.6 Å². The summed E-state index contributed by atoms with van der Waals surface area (Å²) in [4.78, 5) is 28.0. The fourth-order valence-electron chi connectivity index (χ4n) is 3.63. The van der Waals surface area contributed by atoms with E-state index >= 15 is 0 Å². The van der Waals surface area contributed by atoms with Crippen molar-refractivity contribution in [3.05, 3.63) is 94.0 Å². The molecule has 9 heteroatoms. The van der Waals surface area contributed by atoms with E-state index in [1.54, 1.807) is 36.4 Å². The molecule has 0 fully saturated rings. The van der Waals surface area contributed by atoms with Gasteiger partial charge in [-0.15, -0.1) is 24.2 Å². The van der Waals surface area contributed by atoms with Gasteiger partial charge in [-0.1, -0.05) is 35.9 Å². The normalized spacial score (nSPS) is 15.4. The van der Waals surface area contributed by atoms with Crippen LogP contribution in [0.25, 0.3) is 0 Å². The third-order valence-electron chi connectivity index (χ3n) is 5.45. The van der Waals surface area contributed by atoms with E-state index in [4.69, 9.17) is 17.3 Å². The van der Waals surface area contributed by atoms with Gasteiger partial charge in [0.1, 0.15) is 11.6 Å². The minimum absolute atomic E-state index is 0. The van der Waals surface area contributed by atoms with Crippen molar-refractivity contribution in [1.82, 2.24) is 0 Å². The summed E-state index contributed by atoms with van der Waals surface area (Å²) < 4.78 is 28.0. The first kappa shape index (κ1) is 26.2. The smallest absolute Gasteiger partial charge is 0.245 e. The van der Waals surface area contributed by atoms with Gasteiger partial charge in [0.05, 0.1) is 23.8 Å². The van der Waals surface area contributed by atoms with Gasteiger partial charge >= 0.3 is 0 Å². The molecule has 0 aromatic heterocycles. The first-order valence-electron chi connectivity index (χ1n) is 10.4. The summed E-state index contributed by atoms with van der Waals surface area (Å²) in [7, 11) is 0. The van der Waals surface area contributed by atoms with Crippen LogP contribution in [-0.4, -0.2) is 23.5 Å². The zero-order valence-corrected chi connectivity index (χ0v) is 20.4. The molecule has 178 valence electrons. The molecule has 0 radical (unpaired) electrons. The summed E-state index contributed by atoms with van der Waals surface area (Å²) in [6.07, 6.45) is 0.405. The Morgan fingerprint density at radius 1 is 1.06 bits per heavy atom. The SMILES string of the molecule is Cl.N[C@H]1CSc2cc(F)c(C(=O)CCc3ccc(F)cc3)cc2N(Cc2ccc(Cl)cc2)C1=O. The molecular formula is C25H22Cl2F2N2O2S. The second kappa shape index (κ2) is 11.3. The molecule has 3 aromatic carbocycles. The average Bonchev–Trinajstić information content (AvgIpc) is 2.91. The Hall–Kier alpha value is -2.45. The number of ketones is 1. The summed E-state index contributed by atoms with van der Waals surface area (Å²) >= 11 is 7.26. The Kier molecular flexibility index (Phi) is 8.71. The van der Waals surface area contributed by atoms with Gasteiger partial charge < -0.3 is 10.6 Å². The van der Waals surface area contributed by atoms with Crippen molar-refractivity contribution in [2.45, 2.75) is 30.3 Å². The fraction of sp³-hybridized carbons (Fsp3) is 0.200. The number of fused-ring (bicyclic) bond motifs is 1. The first-order chi connectivity index (χ1) is 15.8. The third kappa shape index (κ3) is 5.96. The Balaban J connectivity index is 0.00000324. The van der Waals surface area contributed by atoms with Crippen LogP contribution in [0.3, 0.4) is 0 Å². The summed E-state index contributed by atoms with van der Waals surface area (Å²) in [5.41, 5.74) is 8.04. The number of rotatable bonds is 6. The van der Waals surface area contributed by atoms with Crippen molar-refractivity contribution in [3.8, 4) is 0 Å². The number of Topliss-reactive ketones (excluding diaryl/α,β-unsaturated/α-hetero) is 1. The van der Waals surface area contributed by atoms with Crippen LogP contribution < -0.4 is 10.6 Å². The molecule has 4 nitrogen and oxygen atoms in total. The van der Waals surface area contributed by atoms with Crippen LogP contribution in [0.4, 0.5) is 14.5 Å². The highest BCUT2D eigenvalue weighted by Gasteiger charge is 2.30. The van der Waals surface area contributed by atoms with Crippen LogP contribution in [0.5, 0.6) is 0 Å². The number of carbonyl (C=O) groups is 2. The van der Waals surface area contributed by atoms with Crippen molar-refractivity contribution in [3.63, 3.8) is 0 Å². The lowest BCUT2D eigenvalue weighted by atomic mass is 10.0. The van der Waals surface area contributed by atoms with E-state index in [1.807, 2.05) is 0 Å². The molecule has 0 unspecified atom stereocenters. The van der Waals surface area contributed by atoms with Gasteiger partial charge in [0.2, 0.25) is 5.91 Å². The van der Waals surface area contributed by atoms with Gasteiger partial charge in [-0.25, -0.2) is 8.78 Å². The van der Waals surface area contributed by atoms with E-state index in [9.17, 15) is 18.4 Å². The van der Waals surface area contributed by atoms with Crippen LogP contribution in [-0.2, 0) is 17.8 Å². The molecule has 4 rings (SSSR count). The number of aryl methyl sites for hydroxylation is 1. The monoisotopic (exact) mass is 522 g/mol. The largest absolute Gasteiger partial charge is 0.319 e. The summed E-state index contributed by atoms with van der Waals surface area (Å²) in [5.74, 6) is -1.38. The molecule has 1 aliphatic rings. The maximum absolute atomic E-state index is 14.9. The topological polar surface area (TPSA) is 63.4 Å². The van der Waals surface area contributed by atoms with Gasteiger partial charge in [-0.3, -0.25) is 9.59 Å². The van der Waals surface area contributed by atoms with Gasteiger partial charge in [0.15, 0.2) is 5.78 Å². The van der Waals surface area contributed by atoms with Crippen molar-refractivity contribution in [2.24, 2.45) is 5.73 Å². The molecule has 0 aliphatic carbocycles. The lowest BCUT2D eigenvalue weighted by Crippen LogP contribution is -2.44. The zero-order chi connectivity index (χ0) is 23.5. The summed E-state index contributed by atoms with van der Waals surface area (Å²) in [6, 6.07) is 14.9. The maximum Gasteiger partial charge on any atom is 0.245 e. The van der Waals surface area contributed by atoms with Crippen LogP contribution in [0.2, 0.25) is 5.02 Å². The minimum Gasteiger partial charge on any atom is -0.319 e. The minimum atomic E-state index is -0.754. The molecule has 0 saturated heterocycles. The van der Waals surface area contributed by atoms with Crippen molar-refractivity contribution >= 4 is 53.1 Å². The molecule has 2 N–H and O–H groups in total. The fourth-order valence-corrected chi connectivity index (χ4v) is 4.76. The number of hydrogen-bond acceptors (Lipinski definition) is 4. The zero-order valence-electron chi connectivity index (χ0n) is 18.0. The number of anilines is 1. The molecule has 34 heavy (non-hydrogen) atoms. The number of hydrogen-bond donors (Lipinski definition) is 1. The molecule has 0 bridgehead atoms. The van der Waals surface area contributed by atoms with Gasteiger partial charge in [-0.05, 0) is 53.9 Å². The lowest BCUT2D eigenvalue weighted by molar-refractivity contribution is -0.119. The predicted octanol–water partition coefficient (Wildman–Crippen LogP) is 5.82. The maximum atomic E-state index is 14.9. The standard InChI is InChI=1S/C25H21ClF2N2O2S.ClH/c26-17-6-1-16(2-7-17)13-30-22-11-19(20(28)12-24(22)33-14-21(29)25(30)32)23(31)10-5-15-3-8-18(27)9-4-15;/h1-4,6-9,11-12,21H,5,10,13-14,29H2;1H/t21-;/m0./s1. The highest BCUT2D eigenvalue weighted by Crippen LogP contribution is 2.37. The molecule has 1 amide bonds. The van der Waals surface area contributed by atoms with Crippen LogP contribution in [0.15, 0.2) is 65.6 Å². The van der Waals surface area contributed by atoms with E-state index in [2.05, 4.69) is 0 Å². The van der Waals surface area contributed by atoms with Crippen LogP contribution >= 0.6 is 35.8 Å². The highest BCUT2D eigenvalue weighted by molar-refractivity contribution is 7.99. The third-order valence-corrected chi connectivity index (χ3v) is 6.87. The van der Waals surface area contributed by atoms with Crippen molar-refractivity contribution in [2.75, 3.05) is 10.7 Å². The molecule has 0 spiro atoms. The highest BCUT2D eigenvalue weighted by atomic mass is 35.5. The Morgan fingerprint density at radius 3 is 2.38 bits per heavy atom. The van der Waals surface area contributed by atoms with E-state index in [-0.39, 0.29) is 42.7 Å². The van der Waals surface area contributed by atoms with Crippen molar-refractivity contribution in [1.29, 1.82) is 0 Å². The van der Waals surface area contributed by atoms with Gasteiger partial charge in [0.25, 0.3) is 0 Å². The second-order valence-electron chi connectivity index (χ2n) is 7.82. The molecule has 3 aromatic rings. The average molecular weight is 523 g/mol. The Morgan fingerprint density at radius 2 is 1.71 bits per heavy atom. The Labute approximate surface area is 211 Å². The number of nitrogens with zero attached hydrogens (tertiary/aromatic N) is 1. The lowest BCUT2D eigenvalue weighted by Gasteiger charge is -2.25.